The third-order valence-corrected chi connectivity index (χ3v) is 3.29. The van der Waals surface area contributed by atoms with Crippen LogP contribution in [0.25, 0.3) is 0 Å². The highest BCUT2D eigenvalue weighted by Crippen LogP contribution is 2.07. The monoisotopic (exact) mass is 338 g/mol. The molecule has 0 saturated carbocycles. The van der Waals surface area contributed by atoms with Crippen molar-refractivity contribution < 1.29 is 0 Å². The number of benzene rings is 1. The third kappa shape index (κ3) is 4.26. The van der Waals surface area contributed by atoms with E-state index in [9.17, 15) is 0 Å². The zero-order chi connectivity index (χ0) is 9.80. The van der Waals surface area contributed by atoms with Gasteiger partial charge in [-0.2, -0.15) is 0 Å². The minimum atomic E-state index is 0. The Morgan fingerprint density at radius 2 is 2.07 bits per heavy atom. The van der Waals surface area contributed by atoms with Crippen LogP contribution in [0.4, 0.5) is 0 Å². The van der Waals surface area contributed by atoms with Crippen molar-refractivity contribution in [2.24, 2.45) is 0 Å². The van der Waals surface area contributed by atoms with Crippen molar-refractivity contribution in [1.29, 1.82) is 0 Å². The van der Waals surface area contributed by atoms with Crippen LogP contribution >= 0.6 is 35.0 Å². The molecular weight excluding hydrogens is 322 g/mol. The molecule has 2 nitrogen and oxygen atoms in total. The maximum absolute atomic E-state index is 3.55. The summed E-state index contributed by atoms with van der Waals surface area (Å²) in [6.45, 7) is 3.26. The molecule has 1 aromatic carbocycles. The van der Waals surface area contributed by atoms with Crippen LogP contribution in [0.2, 0.25) is 0 Å². The Labute approximate surface area is 111 Å². The smallest absolute Gasteiger partial charge is 0.0208 e. The van der Waals surface area contributed by atoms with Gasteiger partial charge in [0.1, 0.15) is 0 Å². The highest BCUT2D eigenvalue weighted by Gasteiger charge is 2.12. The summed E-state index contributed by atoms with van der Waals surface area (Å²) < 4.78 is 1.30. The summed E-state index contributed by atoms with van der Waals surface area (Å²) >= 11 is 2.33. The quantitative estimate of drug-likeness (QED) is 0.826. The summed E-state index contributed by atoms with van der Waals surface area (Å²) in [4.78, 5) is 0. The van der Waals surface area contributed by atoms with Crippen molar-refractivity contribution in [1.82, 2.24) is 10.6 Å². The largest absolute Gasteiger partial charge is 0.315 e. The molecule has 1 fully saturated rings. The summed E-state index contributed by atoms with van der Waals surface area (Å²) in [5.41, 5.74) is 1.37. The van der Waals surface area contributed by atoms with Crippen molar-refractivity contribution >= 4 is 35.0 Å². The fourth-order valence-electron chi connectivity index (χ4n) is 1.69. The van der Waals surface area contributed by atoms with E-state index in [0.29, 0.717) is 6.04 Å². The van der Waals surface area contributed by atoms with E-state index in [4.69, 9.17) is 0 Å². The van der Waals surface area contributed by atoms with Crippen LogP contribution in [0, 0.1) is 3.57 Å². The molecule has 0 spiro atoms. The molecule has 1 atom stereocenters. The standard InChI is InChI=1S/C11H15IN2.ClH/c12-10-3-1-9(2-4-10)7-14-11-5-6-13-8-11;/h1-4,11,13-14H,5-8H2;1H. The van der Waals surface area contributed by atoms with Gasteiger partial charge >= 0.3 is 0 Å². The van der Waals surface area contributed by atoms with Crippen LogP contribution in [-0.2, 0) is 6.54 Å². The first-order valence-electron chi connectivity index (χ1n) is 5.03. The minimum absolute atomic E-state index is 0. The average molecular weight is 339 g/mol. The number of rotatable bonds is 3. The first-order valence-corrected chi connectivity index (χ1v) is 6.11. The summed E-state index contributed by atoms with van der Waals surface area (Å²) in [5.74, 6) is 0. The van der Waals surface area contributed by atoms with Gasteiger partial charge in [-0.15, -0.1) is 12.4 Å². The van der Waals surface area contributed by atoms with E-state index in [0.717, 1.165) is 19.6 Å². The Morgan fingerprint density at radius 3 is 2.67 bits per heavy atom. The van der Waals surface area contributed by atoms with Crippen molar-refractivity contribution in [3.8, 4) is 0 Å². The Morgan fingerprint density at radius 1 is 1.33 bits per heavy atom. The molecule has 0 amide bonds. The zero-order valence-electron chi connectivity index (χ0n) is 8.50. The highest BCUT2D eigenvalue weighted by atomic mass is 127. The lowest BCUT2D eigenvalue weighted by Gasteiger charge is -2.10. The molecule has 15 heavy (non-hydrogen) atoms. The number of nitrogens with one attached hydrogen (secondary N) is 2. The predicted molar refractivity (Wildman–Crippen MR) is 74.5 cm³/mol. The van der Waals surface area contributed by atoms with Crippen molar-refractivity contribution in [3.05, 3.63) is 33.4 Å². The Hall–Kier alpha value is 0.160. The summed E-state index contributed by atoms with van der Waals surface area (Å²) in [6.07, 6.45) is 1.25. The maximum Gasteiger partial charge on any atom is 0.0208 e. The minimum Gasteiger partial charge on any atom is -0.315 e. The molecule has 1 unspecified atom stereocenters. The van der Waals surface area contributed by atoms with Crippen LogP contribution in [0.5, 0.6) is 0 Å². The Bertz CT molecular complexity index is 283. The molecule has 0 aliphatic carbocycles. The SMILES string of the molecule is Cl.Ic1ccc(CNC2CCNC2)cc1. The van der Waals surface area contributed by atoms with Gasteiger partial charge in [0.15, 0.2) is 0 Å². The Balaban J connectivity index is 0.00000112. The molecule has 1 saturated heterocycles. The van der Waals surface area contributed by atoms with Gasteiger partial charge in [-0.05, 0) is 53.3 Å². The first-order chi connectivity index (χ1) is 6.84. The second-order valence-corrected chi connectivity index (χ2v) is 4.94. The fourth-order valence-corrected chi connectivity index (χ4v) is 2.05. The van der Waals surface area contributed by atoms with Gasteiger partial charge < -0.3 is 10.6 Å². The second kappa shape index (κ2) is 6.68. The van der Waals surface area contributed by atoms with Crippen LogP contribution in [0.15, 0.2) is 24.3 Å². The van der Waals surface area contributed by atoms with Crippen molar-refractivity contribution in [2.75, 3.05) is 13.1 Å². The van der Waals surface area contributed by atoms with E-state index in [1.165, 1.54) is 15.6 Å². The normalized spacial score (nSPS) is 19.9. The lowest BCUT2D eigenvalue weighted by Crippen LogP contribution is -2.30. The summed E-state index contributed by atoms with van der Waals surface area (Å²) in [5, 5.41) is 6.91. The summed E-state index contributed by atoms with van der Waals surface area (Å²) in [7, 11) is 0. The van der Waals surface area contributed by atoms with E-state index in [1.54, 1.807) is 0 Å². The summed E-state index contributed by atoms with van der Waals surface area (Å²) in [6, 6.07) is 9.36. The molecule has 0 aromatic heterocycles. The molecule has 4 heteroatoms. The first kappa shape index (κ1) is 13.2. The van der Waals surface area contributed by atoms with E-state index >= 15 is 0 Å². The molecule has 1 heterocycles. The van der Waals surface area contributed by atoms with Gasteiger partial charge in [-0.1, -0.05) is 12.1 Å². The fraction of sp³-hybridized carbons (Fsp3) is 0.455. The van der Waals surface area contributed by atoms with Crippen LogP contribution < -0.4 is 10.6 Å². The van der Waals surface area contributed by atoms with Gasteiger partial charge in [0.05, 0.1) is 0 Å². The second-order valence-electron chi connectivity index (χ2n) is 3.70. The molecule has 1 aliphatic heterocycles. The molecule has 84 valence electrons. The zero-order valence-corrected chi connectivity index (χ0v) is 11.5. The van der Waals surface area contributed by atoms with E-state index in [-0.39, 0.29) is 12.4 Å². The molecule has 2 rings (SSSR count). The van der Waals surface area contributed by atoms with Crippen LogP contribution in [-0.4, -0.2) is 19.1 Å². The number of halogens is 2. The average Bonchev–Trinajstić information content (AvgIpc) is 2.70. The number of hydrogen-bond donors (Lipinski definition) is 2. The van der Waals surface area contributed by atoms with Gasteiger partial charge in [0.2, 0.25) is 0 Å². The molecule has 0 radical (unpaired) electrons. The molecule has 0 bridgehead atoms. The van der Waals surface area contributed by atoms with Gasteiger partial charge in [0, 0.05) is 22.7 Å². The van der Waals surface area contributed by atoms with E-state index in [2.05, 4.69) is 57.5 Å². The topological polar surface area (TPSA) is 24.1 Å². The van der Waals surface area contributed by atoms with Gasteiger partial charge in [-0.25, -0.2) is 0 Å². The molecule has 2 N–H and O–H groups in total. The lowest BCUT2D eigenvalue weighted by molar-refractivity contribution is 0.547. The van der Waals surface area contributed by atoms with E-state index in [1.807, 2.05) is 0 Å². The van der Waals surface area contributed by atoms with Crippen molar-refractivity contribution in [2.45, 2.75) is 19.0 Å². The molecular formula is C11H16ClIN2. The van der Waals surface area contributed by atoms with Crippen molar-refractivity contribution in [3.63, 3.8) is 0 Å². The highest BCUT2D eigenvalue weighted by molar-refractivity contribution is 14.1. The Kier molecular flexibility index (Phi) is 5.89. The maximum atomic E-state index is 3.55. The molecule has 1 aliphatic rings. The van der Waals surface area contributed by atoms with Crippen LogP contribution in [0.3, 0.4) is 0 Å². The number of hydrogen-bond acceptors (Lipinski definition) is 2. The van der Waals surface area contributed by atoms with E-state index < -0.39 is 0 Å². The third-order valence-electron chi connectivity index (χ3n) is 2.57. The molecule has 1 aromatic rings. The predicted octanol–water partition coefficient (Wildman–Crippen LogP) is 2.16. The van der Waals surface area contributed by atoms with Crippen LogP contribution in [0.1, 0.15) is 12.0 Å². The van der Waals surface area contributed by atoms with Gasteiger partial charge in [-0.3, -0.25) is 0 Å². The lowest BCUT2D eigenvalue weighted by atomic mass is 10.2. The van der Waals surface area contributed by atoms with Gasteiger partial charge in [0.25, 0.3) is 0 Å².